The largest absolute Gasteiger partial charge is 0.496 e. The highest BCUT2D eigenvalue weighted by atomic mass is 32.2. The van der Waals surface area contributed by atoms with Crippen LogP contribution in [0.2, 0.25) is 0 Å². The third kappa shape index (κ3) is 4.97. The van der Waals surface area contributed by atoms with E-state index in [-0.39, 0.29) is 17.6 Å². The van der Waals surface area contributed by atoms with Crippen molar-refractivity contribution in [2.45, 2.75) is 6.92 Å². The van der Waals surface area contributed by atoms with Crippen LogP contribution in [0, 0.1) is 12.7 Å². The van der Waals surface area contributed by atoms with Crippen LogP contribution in [0.5, 0.6) is 5.75 Å². The van der Waals surface area contributed by atoms with E-state index in [9.17, 15) is 14.0 Å². The van der Waals surface area contributed by atoms with E-state index in [0.29, 0.717) is 26.2 Å². The summed E-state index contributed by atoms with van der Waals surface area (Å²) in [5, 5.41) is 2.71. The predicted molar refractivity (Wildman–Crippen MR) is 134 cm³/mol. The number of methoxy groups -OCH3 is 1. The van der Waals surface area contributed by atoms with Crippen LogP contribution in [0.15, 0.2) is 71.6 Å². The predicted octanol–water partition coefficient (Wildman–Crippen LogP) is 5.80. The molecule has 8 heteroatoms. The Kier molecular flexibility index (Phi) is 6.57. The Balaban J connectivity index is 1.57. The van der Waals surface area contributed by atoms with E-state index >= 15 is 0 Å². The Labute approximate surface area is 200 Å². The number of ether oxygens (including phenoxy) is 1. The Morgan fingerprint density at radius 1 is 1.12 bits per heavy atom. The number of rotatable bonds is 5. The van der Waals surface area contributed by atoms with Crippen LogP contribution in [0.3, 0.4) is 0 Å². The highest BCUT2D eigenvalue weighted by Gasteiger charge is 2.33. The molecule has 1 fully saturated rings. The molecule has 0 atom stereocenters. The molecule has 3 aromatic carbocycles. The smallest absolute Gasteiger partial charge is 0.270 e. The number of carbonyl (C=O) groups is 2. The number of nitrogens with one attached hydrogen (secondary N) is 1. The van der Waals surface area contributed by atoms with Gasteiger partial charge in [-0.2, -0.15) is 0 Å². The van der Waals surface area contributed by atoms with E-state index in [1.807, 2.05) is 25.1 Å². The molecule has 5 nitrogen and oxygen atoms in total. The molecule has 1 N–H and O–H groups in total. The third-order valence-corrected chi connectivity index (χ3v) is 6.29. The second-order valence-corrected chi connectivity index (χ2v) is 8.93. The maximum absolute atomic E-state index is 13.1. The molecule has 0 spiro atoms. The summed E-state index contributed by atoms with van der Waals surface area (Å²) in [7, 11) is 1.60. The molecule has 166 valence electrons. The first-order valence-electron chi connectivity index (χ1n) is 9.95. The highest BCUT2D eigenvalue weighted by Crippen LogP contribution is 2.36. The lowest BCUT2D eigenvalue weighted by atomic mass is 10.1. The topological polar surface area (TPSA) is 58.6 Å². The summed E-state index contributed by atoms with van der Waals surface area (Å²) >= 11 is 6.65. The van der Waals surface area contributed by atoms with Crippen LogP contribution in [0.4, 0.5) is 15.8 Å². The zero-order valence-electron chi connectivity index (χ0n) is 17.8. The fraction of sp³-hybridized carbons (Fsp3) is 0.0800. The zero-order valence-corrected chi connectivity index (χ0v) is 19.4. The van der Waals surface area contributed by atoms with E-state index in [0.717, 1.165) is 16.9 Å². The number of thioether (sulfide) groups is 1. The average molecular weight is 479 g/mol. The third-order valence-electron chi connectivity index (χ3n) is 4.99. The summed E-state index contributed by atoms with van der Waals surface area (Å²) in [5.74, 6) is -0.294. The molecular weight excluding hydrogens is 459 g/mol. The minimum absolute atomic E-state index is 0.263. The molecule has 1 aliphatic heterocycles. The molecule has 0 aliphatic carbocycles. The quantitative estimate of drug-likeness (QED) is 0.371. The van der Waals surface area contributed by atoms with Gasteiger partial charge in [-0.3, -0.25) is 14.5 Å². The number of carbonyl (C=O) groups excluding carboxylic acids is 2. The van der Waals surface area contributed by atoms with Gasteiger partial charge in [0.05, 0.1) is 17.7 Å². The summed E-state index contributed by atoms with van der Waals surface area (Å²) < 4.78 is 18.8. The maximum atomic E-state index is 13.1. The van der Waals surface area contributed by atoms with Gasteiger partial charge in [0, 0.05) is 11.3 Å². The van der Waals surface area contributed by atoms with Gasteiger partial charge in [0.1, 0.15) is 11.6 Å². The van der Waals surface area contributed by atoms with Gasteiger partial charge in [-0.15, -0.1) is 0 Å². The summed E-state index contributed by atoms with van der Waals surface area (Å²) in [6.07, 6.45) is 1.77. The van der Waals surface area contributed by atoms with Crippen molar-refractivity contribution in [2.24, 2.45) is 0 Å². The van der Waals surface area contributed by atoms with Crippen molar-refractivity contribution in [3.63, 3.8) is 0 Å². The first-order chi connectivity index (χ1) is 15.9. The minimum atomic E-state index is -0.388. The monoisotopic (exact) mass is 478 g/mol. The molecule has 4 rings (SSSR count). The molecule has 2 amide bonds. The van der Waals surface area contributed by atoms with Gasteiger partial charge >= 0.3 is 0 Å². The van der Waals surface area contributed by atoms with Gasteiger partial charge in [-0.1, -0.05) is 42.2 Å². The van der Waals surface area contributed by atoms with Crippen molar-refractivity contribution in [1.29, 1.82) is 0 Å². The maximum Gasteiger partial charge on any atom is 0.270 e. The van der Waals surface area contributed by atoms with Crippen molar-refractivity contribution in [3.05, 3.63) is 94.1 Å². The molecule has 0 radical (unpaired) electrons. The van der Waals surface area contributed by atoms with Gasteiger partial charge in [0.15, 0.2) is 4.32 Å². The molecule has 0 aromatic heterocycles. The zero-order chi connectivity index (χ0) is 23.5. The first kappa shape index (κ1) is 22.7. The second-order valence-electron chi connectivity index (χ2n) is 7.26. The molecule has 33 heavy (non-hydrogen) atoms. The van der Waals surface area contributed by atoms with E-state index in [4.69, 9.17) is 17.0 Å². The lowest BCUT2D eigenvalue weighted by molar-refractivity contribution is -0.113. The fourth-order valence-electron chi connectivity index (χ4n) is 3.29. The van der Waals surface area contributed by atoms with Gasteiger partial charge < -0.3 is 10.1 Å². The molecule has 1 aliphatic rings. The van der Waals surface area contributed by atoms with Gasteiger partial charge in [-0.05, 0) is 72.7 Å². The summed E-state index contributed by atoms with van der Waals surface area (Å²) in [6, 6.07) is 17.8. The normalized spacial score (nSPS) is 14.6. The summed E-state index contributed by atoms with van der Waals surface area (Å²) in [6.45, 7) is 1.95. The Hall–Kier alpha value is -3.49. The fourth-order valence-corrected chi connectivity index (χ4v) is 4.59. The van der Waals surface area contributed by atoms with E-state index in [2.05, 4.69) is 5.32 Å². The number of hydrogen-bond acceptors (Lipinski definition) is 5. The van der Waals surface area contributed by atoms with Crippen molar-refractivity contribution < 1.29 is 18.7 Å². The second kappa shape index (κ2) is 9.56. The SMILES string of the molecule is COc1cc(/C=C2/SC(=S)N(c3cccc(C(=O)Nc4ccc(F)cc4)c3)C2=O)ccc1C. The molecule has 1 saturated heterocycles. The Morgan fingerprint density at radius 3 is 2.61 bits per heavy atom. The van der Waals surface area contributed by atoms with Crippen LogP contribution in [0.25, 0.3) is 6.08 Å². The van der Waals surface area contributed by atoms with Crippen LogP contribution in [0.1, 0.15) is 21.5 Å². The van der Waals surface area contributed by atoms with Crippen LogP contribution >= 0.6 is 24.0 Å². The molecule has 0 unspecified atom stereocenters. The lowest BCUT2D eigenvalue weighted by Crippen LogP contribution is -2.27. The number of halogens is 1. The van der Waals surface area contributed by atoms with Crippen molar-refractivity contribution in [3.8, 4) is 5.75 Å². The molecule has 0 saturated carbocycles. The highest BCUT2D eigenvalue weighted by molar-refractivity contribution is 8.27. The van der Waals surface area contributed by atoms with Gasteiger partial charge in [0.25, 0.3) is 11.8 Å². The number of thiocarbonyl (C=S) groups is 1. The van der Waals surface area contributed by atoms with Crippen molar-refractivity contribution in [1.82, 2.24) is 0 Å². The number of amides is 2. The average Bonchev–Trinajstić information content (AvgIpc) is 3.09. The number of benzene rings is 3. The number of hydrogen-bond donors (Lipinski definition) is 1. The Bertz CT molecular complexity index is 1290. The summed E-state index contributed by atoms with van der Waals surface area (Å²) in [5.41, 5.74) is 3.13. The first-order valence-corrected chi connectivity index (χ1v) is 11.2. The van der Waals surface area contributed by atoms with Crippen LogP contribution in [-0.4, -0.2) is 23.2 Å². The molecule has 1 heterocycles. The van der Waals surface area contributed by atoms with E-state index in [1.54, 1.807) is 37.5 Å². The van der Waals surface area contributed by atoms with Crippen molar-refractivity contribution in [2.75, 3.05) is 17.3 Å². The Morgan fingerprint density at radius 2 is 1.88 bits per heavy atom. The van der Waals surface area contributed by atoms with Crippen LogP contribution in [-0.2, 0) is 4.79 Å². The number of nitrogens with zero attached hydrogens (tertiary/aromatic N) is 1. The van der Waals surface area contributed by atoms with Gasteiger partial charge in [-0.25, -0.2) is 4.39 Å². The van der Waals surface area contributed by atoms with E-state index < -0.39 is 0 Å². The molecule has 0 bridgehead atoms. The minimum Gasteiger partial charge on any atom is -0.496 e. The van der Waals surface area contributed by atoms with E-state index in [1.165, 1.54) is 40.9 Å². The van der Waals surface area contributed by atoms with Crippen LogP contribution < -0.4 is 15.0 Å². The summed E-state index contributed by atoms with van der Waals surface area (Å²) in [4.78, 5) is 27.7. The van der Waals surface area contributed by atoms with Gasteiger partial charge in [0.2, 0.25) is 0 Å². The van der Waals surface area contributed by atoms with Crippen molar-refractivity contribution >= 4 is 57.6 Å². The standard InChI is InChI=1S/C25H19FN2O3S2/c1-15-6-7-16(12-21(15)31-2)13-22-24(30)28(25(32)33-22)20-5-3-4-17(14-20)23(29)27-19-10-8-18(26)9-11-19/h3-14H,1-2H3,(H,27,29)/b22-13+. The molecule has 3 aromatic rings. The number of aryl methyl sites for hydroxylation is 1. The molecular formula is C25H19FN2O3S2. The lowest BCUT2D eigenvalue weighted by Gasteiger charge is -2.15. The number of anilines is 2.